The molecule has 0 aliphatic carbocycles. The van der Waals surface area contributed by atoms with Crippen LogP contribution < -0.4 is 58.9 Å². The Bertz CT molecular complexity index is 2950. The number of benzene rings is 2. The number of hydrogen-bond donors (Lipinski definition) is 16. The second kappa shape index (κ2) is 31.4. The van der Waals surface area contributed by atoms with Crippen molar-refractivity contribution in [1.82, 2.24) is 73.0 Å². The van der Waals surface area contributed by atoms with Crippen molar-refractivity contribution < 1.29 is 58.2 Å². The highest BCUT2D eigenvalue weighted by atomic mass is 16.3. The standard InChI is InChI=1S/C56H78N16O12/c1-4-60-54(83)45-12-8-22-72(45)55(84)39(11-7-20-62-56(57)58)67-50(79)40(23-31(2)3)66-47(76)19-21-61-48(77)41(24-32-13-15-35(74)16-14-32)68-53(82)44(29-73)71-51(80)42(25-33-27-63-37-10-6-5-9-36(33)37)69-52(81)43(26-34-28-59-30-64-34)70-49(78)38-17-18-46(75)65-38/h5-6,9-10,13-16,27-28,30-31,38-45,63,73-74H,4,7-8,11-12,17-26,29H2,1-3H3,(H,59,64)(H,60,83)(H,61,77)(H,65,75)(H,66,76)(H,67,79)(H,68,82)(H,69,81)(H,70,78)(H,71,80)(H4,57,58,62)/t38-,39-,40-,41-,42-,43-,44-,45-/m0/s1. The fraction of sp³-hybridized carbons (Fsp3) is 0.500. The number of nitrogens with zero attached hydrogens (tertiary/aromatic N) is 2. The summed E-state index contributed by atoms with van der Waals surface area (Å²) in [5, 5.41) is 55.4. The van der Waals surface area contributed by atoms with E-state index in [1.54, 1.807) is 31.3 Å². The Balaban J connectivity index is 1.13. The van der Waals surface area contributed by atoms with Gasteiger partial charge in [-0.1, -0.05) is 44.2 Å². The van der Waals surface area contributed by atoms with E-state index in [0.29, 0.717) is 49.2 Å². The molecular formula is C56H78N16O12. The van der Waals surface area contributed by atoms with Crippen molar-refractivity contribution in [3.63, 3.8) is 0 Å². The van der Waals surface area contributed by atoms with E-state index in [2.05, 4.69) is 68.1 Å². The van der Waals surface area contributed by atoms with E-state index in [4.69, 9.17) is 11.1 Å². The third-order valence-corrected chi connectivity index (χ3v) is 14.3. The van der Waals surface area contributed by atoms with Gasteiger partial charge in [-0.15, -0.1) is 0 Å². The molecule has 2 aliphatic heterocycles. The Labute approximate surface area is 485 Å². The summed E-state index contributed by atoms with van der Waals surface area (Å²) in [6.07, 6.45) is 5.71. The zero-order valence-electron chi connectivity index (χ0n) is 47.3. The third-order valence-electron chi connectivity index (χ3n) is 14.3. The smallest absolute Gasteiger partial charge is 0.245 e. The van der Waals surface area contributed by atoms with Crippen LogP contribution in [0.1, 0.15) is 89.0 Å². The third kappa shape index (κ3) is 19.0. The van der Waals surface area contributed by atoms with Gasteiger partial charge in [0.2, 0.25) is 59.1 Å². The molecule has 8 atom stereocenters. The SMILES string of the molecule is CCNC(=O)[C@@H]1CCCN1C(=O)[C@H](CCCNC(=N)N)NC(=O)[C@H](CC(C)C)NC(=O)CCNC(=O)[C@H](Cc1ccc(O)cc1)NC(=O)[C@H](CO)NC(=O)[C@H](Cc1c[nH]c2ccccc12)NC(=O)[C@H](Cc1c[nH]cn1)NC(=O)[C@@H]1CCC(=O)N1. The zero-order valence-corrected chi connectivity index (χ0v) is 47.3. The van der Waals surface area contributed by atoms with Crippen molar-refractivity contribution in [3.8, 4) is 5.75 Å². The van der Waals surface area contributed by atoms with Crippen LogP contribution in [0.25, 0.3) is 10.9 Å². The number of phenols is 1. The number of amides is 10. The number of fused-ring (bicyclic) bond motifs is 1. The van der Waals surface area contributed by atoms with Crippen LogP contribution in [-0.4, -0.2) is 176 Å². The van der Waals surface area contributed by atoms with E-state index in [1.165, 1.54) is 41.7 Å². The summed E-state index contributed by atoms with van der Waals surface area (Å²) in [5.41, 5.74) is 7.64. The molecule has 0 saturated carbocycles. The van der Waals surface area contributed by atoms with Gasteiger partial charge in [-0.3, -0.25) is 53.4 Å². The Morgan fingerprint density at radius 3 is 2.07 bits per heavy atom. The zero-order chi connectivity index (χ0) is 60.9. The number of rotatable bonds is 31. The summed E-state index contributed by atoms with van der Waals surface area (Å²) in [7, 11) is 0. The molecule has 4 aromatic rings. The van der Waals surface area contributed by atoms with Gasteiger partial charge in [0.25, 0.3) is 0 Å². The number of nitrogens with one attached hydrogen (secondary N) is 13. The van der Waals surface area contributed by atoms with Crippen molar-refractivity contribution in [3.05, 3.63) is 84.1 Å². The van der Waals surface area contributed by atoms with Crippen LogP contribution in [0.5, 0.6) is 5.75 Å². The monoisotopic (exact) mass is 1170 g/mol. The van der Waals surface area contributed by atoms with E-state index in [9.17, 15) is 58.2 Å². The lowest BCUT2D eigenvalue weighted by Gasteiger charge is -2.30. The lowest BCUT2D eigenvalue weighted by atomic mass is 10.0. The van der Waals surface area contributed by atoms with Gasteiger partial charge in [0.1, 0.15) is 54.1 Å². The first-order valence-electron chi connectivity index (χ1n) is 28.2. The number of guanidine groups is 1. The molecule has 454 valence electrons. The molecule has 2 aromatic heterocycles. The number of likely N-dealkylation sites (tertiary alicyclic amines) is 1. The average Bonchev–Trinajstić information content (AvgIpc) is 4.51. The number of aromatic amines is 2. The minimum atomic E-state index is -1.71. The summed E-state index contributed by atoms with van der Waals surface area (Å²) in [6, 6.07) is 3.27. The second-order valence-electron chi connectivity index (χ2n) is 21.2. The first-order valence-corrected chi connectivity index (χ1v) is 28.2. The normalized spacial score (nSPS) is 16.9. The van der Waals surface area contributed by atoms with Gasteiger partial charge in [-0.2, -0.15) is 0 Å². The minimum absolute atomic E-state index is 0.0745. The topological polar surface area (TPSA) is 429 Å². The number of nitrogens with two attached hydrogens (primary N) is 1. The number of aliphatic hydroxyl groups is 1. The molecule has 2 saturated heterocycles. The molecule has 28 nitrogen and oxygen atoms in total. The van der Waals surface area contributed by atoms with Gasteiger partial charge in [0, 0.05) is 81.6 Å². The van der Waals surface area contributed by atoms with Crippen molar-refractivity contribution in [2.24, 2.45) is 11.7 Å². The van der Waals surface area contributed by atoms with Crippen LogP contribution in [0.3, 0.4) is 0 Å². The van der Waals surface area contributed by atoms with Gasteiger partial charge in [0.15, 0.2) is 5.96 Å². The molecule has 0 spiro atoms. The largest absolute Gasteiger partial charge is 0.508 e. The maximum atomic E-state index is 14.4. The van der Waals surface area contributed by atoms with Gasteiger partial charge in [-0.25, -0.2) is 4.98 Å². The molecule has 0 radical (unpaired) electrons. The molecule has 2 fully saturated rings. The van der Waals surface area contributed by atoms with Crippen LogP contribution >= 0.6 is 0 Å². The maximum Gasteiger partial charge on any atom is 0.245 e. The number of carbonyl (C=O) groups is 10. The fourth-order valence-electron chi connectivity index (χ4n) is 9.97. The molecule has 10 amide bonds. The molecule has 28 heteroatoms. The summed E-state index contributed by atoms with van der Waals surface area (Å²) in [6.45, 7) is 5.07. The van der Waals surface area contributed by atoms with Crippen LogP contribution in [0.2, 0.25) is 0 Å². The van der Waals surface area contributed by atoms with Gasteiger partial charge < -0.3 is 84.0 Å². The Morgan fingerprint density at radius 1 is 0.750 bits per heavy atom. The molecule has 0 bridgehead atoms. The Kier molecular flexibility index (Phi) is 23.9. The Hall–Kier alpha value is -9.08. The van der Waals surface area contributed by atoms with Crippen molar-refractivity contribution in [2.75, 3.05) is 32.8 Å². The number of H-pyrrole nitrogens is 2. The number of imidazole rings is 1. The number of likely N-dealkylation sites (N-methyl/N-ethyl adjacent to an activating group) is 1. The highest BCUT2D eigenvalue weighted by Gasteiger charge is 2.39. The maximum absolute atomic E-state index is 14.4. The molecular weight excluding hydrogens is 1090 g/mol. The number of aromatic hydroxyl groups is 1. The molecule has 2 aromatic carbocycles. The number of para-hydroxylation sites is 1. The highest BCUT2D eigenvalue weighted by Crippen LogP contribution is 2.22. The molecule has 0 unspecified atom stereocenters. The Morgan fingerprint density at radius 2 is 1.42 bits per heavy atom. The first-order chi connectivity index (χ1) is 40.2. The van der Waals surface area contributed by atoms with Crippen LogP contribution in [0, 0.1) is 11.3 Å². The number of hydrogen-bond acceptors (Lipinski definition) is 14. The summed E-state index contributed by atoms with van der Waals surface area (Å²) in [5.74, 6) is -7.03. The minimum Gasteiger partial charge on any atom is -0.508 e. The second-order valence-corrected chi connectivity index (χ2v) is 21.2. The van der Waals surface area contributed by atoms with E-state index in [-0.39, 0.29) is 93.9 Å². The van der Waals surface area contributed by atoms with E-state index in [1.807, 2.05) is 19.9 Å². The predicted octanol–water partition coefficient (Wildman–Crippen LogP) is -2.25. The average molecular weight is 1170 g/mol. The molecule has 17 N–H and O–H groups in total. The number of aromatic nitrogens is 3. The van der Waals surface area contributed by atoms with Crippen LogP contribution in [0.15, 0.2) is 67.3 Å². The summed E-state index contributed by atoms with van der Waals surface area (Å²) >= 11 is 0. The number of phenolic OH excluding ortho intramolecular Hbond substituents is 1. The number of carbonyl (C=O) groups excluding carboxylic acids is 10. The van der Waals surface area contributed by atoms with E-state index < -0.39 is 102 Å². The van der Waals surface area contributed by atoms with Crippen molar-refractivity contribution in [1.29, 1.82) is 5.41 Å². The fourth-order valence-corrected chi connectivity index (χ4v) is 9.97. The molecule has 4 heterocycles. The summed E-state index contributed by atoms with van der Waals surface area (Å²) < 4.78 is 0. The molecule has 84 heavy (non-hydrogen) atoms. The van der Waals surface area contributed by atoms with E-state index in [0.717, 1.165) is 10.9 Å². The van der Waals surface area contributed by atoms with Crippen LogP contribution in [-0.2, 0) is 67.2 Å². The van der Waals surface area contributed by atoms with Gasteiger partial charge in [-0.05, 0) is 80.7 Å². The summed E-state index contributed by atoms with van der Waals surface area (Å²) in [4.78, 5) is 148. The van der Waals surface area contributed by atoms with Gasteiger partial charge in [0.05, 0.1) is 18.6 Å². The lowest BCUT2D eigenvalue weighted by Crippen LogP contribution is -2.60. The molecule has 2 aliphatic rings. The lowest BCUT2D eigenvalue weighted by molar-refractivity contribution is -0.142. The number of aliphatic hydroxyl groups excluding tert-OH is 1. The van der Waals surface area contributed by atoms with Crippen molar-refractivity contribution in [2.45, 2.75) is 140 Å². The van der Waals surface area contributed by atoms with E-state index >= 15 is 0 Å². The molecule has 6 rings (SSSR count). The predicted molar refractivity (Wildman–Crippen MR) is 306 cm³/mol. The van der Waals surface area contributed by atoms with Crippen LogP contribution in [0.4, 0.5) is 0 Å². The van der Waals surface area contributed by atoms with Gasteiger partial charge >= 0.3 is 0 Å². The highest BCUT2D eigenvalue weighted by molar-refractivity contribution is 5.98. The first kappa shape index (κ1) is 64.1. The van der Waals surface area contributed by atoms with Crippen molar-refractivity contribution >= 4 is 75.9 Å². The quantitative estimate of drug-likeness (QED) is 0.0144.